The highest BCUT2D eigenvalue weighted by atomic mass is 16.6. The lowest BCUT2D eigenvalue weighted by Gasteiger charge is -2.38. The number of carbonyl (C=O) groups is 2. The van der Waals surface area contributed by atoms with Crippen molar-refractivity contribution >= 4 is 11.8 Å². The van der Waals surface area contributed by atoms with Crippen molar-refractivity contribution in [2.45, 2.75) is 25.4 Å². The predicted molar refractivity (Wildman–Crippen MR) is 99.8 cm³/mol. The first kappa shape index (κ1) is 18.1. The van der Waals surface area contributed by atoms with Crippen molar-refractivity contribution in [3.8, 4) is 11.5 Å². The maximum atomic E-state index is 12.8. The summed E-state index contributed by atoms with van der Waals surface area (Å²) >= 11 is 0. The molecule has 4 rings (SSSR count). The van der Waals surface area contributed by atoms with Gasteiger partial charge in [-0.1, -0.05) is 18.6 Å². The molecule has 3 heterocycles. The zero-order valence-corrected chi connectivity index (χ0v) is 15.6. The molecule has 3 aliphatic heterocycles. The van der Waals surface area contributed by atoms with E-state index in [4.69, 9.17) is 9.47 Å². The molecule has 2 fully saturated rings. The molecule has 1 atom stereocenters. The van der Waals surface area contributed by atoms with Gasteiger partial charge in [0.15, 0.2) is 11.5 Å². The summed E-state index contributed by atoms with van der Waals surface area (Å²) in [7, 11) is 0. The molecule has 0 radical (unpaired) electrons. The van der Waals surface area contributed by atoms with Gasteiger partial charge in [-0.2, -0.15) is 0 Å². The van der Waals surface area contributed by atoms with E-state index in [-0.39, 0.29) is 18.4 Å². The van der Waals surface area contributed by atoms with E-state index in [0.717, 1.165) is 13.1 Å². The van der Waals surface area contributed by atoms with Crippen LogP contribution in [0.4, 0.5) is 0 Å². The molecule has 0 bridgehead atoms. The predicted octanol–water partition coefficient (Wildman–Crippen LogP) is 0.983. The number of benzene rings is 1. The number of rotatable bonds is 3. The average molecular weight is 373 g/mol. The van der Waals surface area contributed by atoms with Gasteiger partial charge in [0.05, 0.1) is 6.54 Å². The number of amides is 2. The second-order valence-electron chi connectivity index (χ2n) is 7.41. The van der Waals surface area contributed by atoms with Crippen molar-refractivity contribution in [2.75, 3.05) is 52.4 Å². The number of carbonyl (C=O) groups excluding carboxylic acids is 2. The SMILES string of the molecule is O=C(CN1CCCCC1)N1CCN(C(=O)C2COc3ccccc3O2)CC1. The van der Waals surface area contributed by atoms with Gasteiger partial charge < -0.3 is 19.3 Å². The lowest BCUT2D eigenvalue weighted by molar-refractivity contribution is -0.146. The molecular weight excluding hydrogens is 346 g/mol. The molecule has 3 aliphatic rings. The molecule has 0 aromatic heterocycles. The Bertz CT molecular complexity index is 682. The number of para-hydroxylation sites is 2. The van der Waals surface area contributed by atoms with Crippen LogP contribution in [-0.4, -0.2) is 85.0 Å². The van der Waals surface area contributed by atoms with Gasteiger partial charge in [-0.3, -0.25) is 14.5 Å². The Morgan fingerprint density at radius 3 is 2.30 bits per heavy atom. The fraction of sp³-hybridized carbons (Fsp3) is 0.600. The van der Waals surface area contributed by atoms with Gasteiger partial charge in [0.25, 0.3) is 5.91 Å². The van der Waals surface area contributed by atoms with Crippen LogP contribution in [0.15, 0.2) is 24.3 Å². The van der Waals surface area contributed by atoms with Crippen LogP contribution in [0.3, 0.4) is 0 Å². The van der Waals surface area contributed by atoms with Crippen LogP contribution < -0.4 is 9.47 Å². The first-order valence-corrected chi connectivity index (χ1v) is 9.88. The minimum absolute atomic E-state index is 0.0624. The number of piperidine rings is 1. The molecule has 7 nitrogen and oxygen atoms in total. The molecule has 0 saturated carbocycles. The molecule has 0 N–H and O–H groups in total. The Morgan fingerprint density at radius 2 is 1.56 bits per heavy atom. The largest absolute Gasteiger partial charge is 0.485 e. The van der Waals surface area contributed by atoms with Gasteiger partial charge in [0.1, 0.15) is 6.61 Å². The van der Waals surface area contributed by atoms with E-state index in [2.05, 4.69) is 4.90 Å². The average Bonchev–Trinajstić information content (AvgIpc) is 2.73. The van der Waals surface area contributed by atoms with E-state index in [9.17, 15) is 9.59 Å². The molecular formula is C20H27N3O4. The lowest BCUT2D eigenvalue weighted by atomic mass is 10.1. The first-order valence-electron chi connectivity index (χ1n) is 9.88. The van der Waals surface area contributed by atoms with Crippen LogP contribution in [0, 0.1) is 0 Å². The third-order valence-corrected chi connectivity index (χ3v) is 5.54. The third-order valence-electron chi connectivity index (χ3n) is 5.54. The Hall–Kier alpha value is -2.28. The van der Waals surface area contributed by atoms with Crippen molar-refractivity contribution in [1.29, 1.82) is 0 Å². The molecule has 2 amide bonds. The molecule has 146 valence electrons. The van der Waals surface area contributed by atoms with E-state index in [0.29, 0.717) is 44.2 Å². The topological polar surface area (TPSA) is 62.3 Å². The van der Waals surface area contributed by atoms with Crippen LogP contribution in [0.25, 0.3) is 0 Å². The number of ether oxygens (including phenoxy) is 2. The summed E-state index contributed by atoms with van der Waals surface area (Å²) in [5.74, 6) is 1.40. The van der Waals surface area contributed by atoms with Crippen LogP contribution in [0.1, 0.15) is 19.3 Å². The molecule has 1 aromatic rings. The quantitative estimate of drug-likeness (QED) is 0.791. The van der Waals surface area contributed by atoms with Crippen LogP contribution in [0.5, 0.6) is 11.5 Å². The maximum Gasteiger partial charge on any atom is 0.267 e. The fourth-order valence-electron chi connectivity index (χ4n) is 3.93. The van der Waals surface area contributed by atoms with E-state index in [1.54, 1.807) is 4.90 Å². The standard InChI is InChI=1S/C20H27N3O4/c24-19(14-21-8-4-1-5-9-21)22-10-12-23(13-11-22)20(25)18-15-26-16-6-2-3-7-17(16)27-18/h2-3,6-7,18H,1,4-5,8-15H2. The number of likely N-dealkylation sites (tertiary alicyclic amines) is 1. The number of piperazine rings is 1. The molecule has 2 saturated heterocycles. The summed E-state index contributed by atoms with van der Waals surface area (Å²) in [6.45, 7) is 5.03. The third kappa shape index (κ3) is 4.18. The van der Waals surface area contributed by atoms with Crippen molar-refractivity contribution < 1.29 is 19.1 Å². The summed E-state index contributed by atoms with van der Waals surface area (Å²) in [6, 6.07) is 7.39. The molecule has 1 aromatic carbocycles. The summed E-state index contributed by atoms with van der Waals surface area (Å²) in [5.41, 5.74) is 0. The maximum absolute atomic E-state index is 12.8. The normalized spacial score (nSPS) is 23.2. The van der Waals surface area contributed by atoms with E-state index in [1.165, 1.54) is 19.3 Å². The van der Waals surface area contributed by atoms with Crippen molar-refractivity contribution in [3.63, 3.8) is 0 Å². The van der Waals surface area contributed by atoms with Crippen LogP contribution in [0.2, 0.25) is 0 Å². The highest BCUT2D eigenvalue weighted by Crippen LogP contribution is 2.31. The Kier molecular flexibility index (Phi) is 5.48. The number of nitrogens with zero attached hydrogens (tertiary/aromatic N) is 3. The van der Waals surface area contributed by atoms with Gasteiger partial charge in [0.2, 0.25) is 12.0 Å². The summed E-state index contributed by atoms with van der Waals surface area (Å²) < 4.78 is 11.5. The van der Waals surface area contributed by atoms with Gasteiger partial charge >= 0.3 is 0 Å². The van der Waals surface area contributed by atoms with Gasteiger partial charge in [-0.05, 0) is 38.1 Å². The number of hydrogen-bond acceptors (Lipinski definition) is 5. The van der Waals surface area contributed by atoms with E-state index >= 15 is 0 Å². The molecule has 7 heteroatoms. The Balaban J connectivity index is 1.26. The van der Waals surface area contributed by atoms with Crippen LogP contribution >= 0.6 is 0 Å². The summed E-state index contributed by atoms with van der Waals surface area (Å²) in [6.07, 6.45) is 3.02. The van der Waals surface area contributed by atoms with Gasteiger partial charge in [-0.15, -0.1) is 0 Å². The lowest BCUT2D eigenvalue weighted by Crippen LogP contribution is -2.56. The molecule has 0 aliphatic carbocycles. The van der Waals surface area contributed by atoms with Crippen molar-refractivity contribution in [1.82, 2.24) is 14.7 Å². The first-order chi connectivity index (χ1) is 13.2. The highest BCUT2D eigenvalue weighted by Gasteiger charge is 2.33. The highest BCUT2D eigenvalue weighted by molar-refractivity contribution is 5.83. The second kappa shape index (κ2) is 8.17. The number of hydrogen-bond donors (Lipinski definition) is 0. The number of fused-ring (bicyclic) bond motifs is 1. The monoisotopic (exact) mass is 373 g/mol. The zero-order chi connectivity index (χ0) is 18.6. The zero-order valence-electron chi connectivity index (χ0n) is 15.6. The smallest absolute Gasteiger partial charge is 0.267 e. The second-order valence-corrected chi connectivity index (χ2v) is 7.41. The van der Waals surface area contributed by atoms with Crippen LogP contribution in [-0.2, 0) is 9.59 Å². The van der Waals surface area contributed by atoms with E-state index < -0.39 is 6.10 Å². The van der Waals surface area contributed by atoms with Crippen molar-refractivity contribution in [2.24, 2.45) is 0 Å². The van der Waals surface area contributed by atoms with Gasteiger partial charge in [-0.25, -0.2) is 0 Å². The van der Waals surface area contributed by atoms with E-state index in [1.807, 2.05) is 29.2 Å². The minimum atomic E-state index is -0.615. The summed E-state index contributed by atoms with van der Waals surface area (Å²) in [4.78, 5) is 31.2. The van der Waals surface area contributed by atoms with Gasteiger partial charge in [0, 0.05) is 26.2 Å². The molecule has 0 spiro atoms. The Labute approximate surface area is 159 Å². The fourth-order valence-corrected chi connectivity index (χ4v) is 3.93. The minimum Gasteiger partial charge on any atom is -0.485 e. The van der Waals surface area contributed by atoms with Crippen molar-refractivity contribution in [3.05, 3.63) is 24.3 Å². The molecule has 27 heavy (non-hydrogen) atoms. The molecule has 1 unspecified atom stereocenters. The Morgan fingerprint density at radius 1 is 0.889 bits per heavy atom. The summed E-state index contributed by atoms with van der Waals surface area (Å²) in [5, 5.41) is 0.